The standard InChI is InChI=1S/C26H25N3O2/c1-28-24(20-12-6-11-19-18-10-3-5-14-23(18)31-25(19)20)21(16-27-28)26(30)29-15-7-9-17-8-2-4-13-22(17)29/h3,5-6,10-14,16-17H,2,4,7-9,15H2,1H3. The van der Waals surface area contributed by atoms with E-state index in [1.54, 1.807) is 10.9 Å². The van der Waals surface area contributed by atoms with Gasteiger partial charge in [0.05, 0.1) is 17.5 Å². The van der Waals surface area contributed by atoms with Crippen LogP contribution in [0, 0.1) is 5.92 Å². The summed E-state index contributed by atoms with van der Waals surface area (Å²) >= 11 is 0. The van der Waals surface area contributed by atoms with Crippen LogP contribution in [0.2, 0.25) is 0 Å². The summed E-state index contributed by atoms with van der Waals surface area (Å²) in [4.78, 5) is 15.8. The molecule has 3 heterocycles. The molecule has 0 spiro atoms. The Balaban J connectivity index is 1.49. The molecule has 1 unspecified atom stereocenters. The van der Waals surface area contributed by atoms with E-state index in [2.05, 4.69) is 23.3 Å². The zero-order valence-electron chi connectivity index (χ0n) is 17.7. The number of benzene rings is 2. The second-order valence-corrected chi connectivity index (χ2v) is 8.67. The third-order valence-corrected chi connectivity index (χ3v) is 6.85. The van der Waals surface area contributed by atoms with Gasteiger partial charge < -0.3 is 9.32 Å². The van der Waals surface area contributed by atoms with Crippen molar-refractivity contribution < 1.29 is 9.21 Å². The zero-order chi connectivity index (χ0) is 20.9. The summed E-state index contributed by atoms with van der Waals surface area (Å²) in [6.45, 7) is 0.782. The van der Waals surface area contributed by atoms with Crippen molar-refractivity contribution in [2.24, 2.45) is 13.0 Å². The number of hydrogen-bond acceptors (Lipinski definition) is 3. The maximum Gasteiger partial charge on any atom is 0.261 e. The van der Waals surface area contributed by atoms with Crippen LogP contribution in [0.1, 0.15) is 42.5 Å². The molecule has 4 aromatic rings. The van der Waals surface area contributed by atoms with Gasteiger partial charge in [0.1, 0.15) is 11.2 Å². The topological polar surface area (TPSA) is 51.3 Å². The molecule has 5 heteroatoms. The van der Waals surface area contributed by atoms with Crippen molar-refractivity contribution in [2.75, 3.05) is 6.54 Å². The molecule has 2 aromatic heterocycles. The van der Waals surface area contributed by atoms with E-state index in [-0.39, 0.29) is 5.91 Å². The number of fused-ring (bicyclic) bond motifs is 4. The molecule has 1 fully saturated rings. The average molecular weight is 412 g/mol. The van der Waals surface area contributed by atoms with Gasteiger partial charge in [-0.05, 0) is 50.2 Å². The third kappa shape index (κ3) is 2.83. The Kier molecular flexibility index (Phi) is 4.23. The van der Waals surface area contributed by atoms with Crippen LogP contribution in [0.3, 0.4) is 0 Å². The van der Waals surface area contributed by atoms with Crippen LogP contribution in [0.5, 0.6) is 0 Å². The van der Waals surface area contributed by atoms with Crippen LogP contribution >= 0.6 is 0 Å². The van der Waals surface area contributed by atoms with Crippen molar-refractivity contribution in [3.05, 3.63) is 66.0 Å². The number of likely N-dealkylation sites (tertiary alicyclic amines) is 1. The first-order chi connectivity index (χ1) is 15.2. The molecule has 156 valence electrons. The maximum atomic E-state index is 13.8. The predicted molar refractivity (Wildman–Crippen MR) is 122 cm³/mol. The van der Waals surface area contributed by atoms with Gasteiger partial charge in [-0.25, -0.2) is 0 Å². The first-order valence-corrected chi connectivity index (χ1v) is 11.2. The van der Waals surface area contributed by atoms with Gasteiger partial charge in [0.2, 0.25) is 0 Å². The first-order valence-electron chi connectivity index (χ1n) is 11.2. The first kappa shape index (κ1) is 18.4. The maximum absolute atomic E-state index is 13.8. The van der Waals surface area contributed by atoms with Crippen molar-refractivity contribution in [2.45, 2.75) is 32.1 Å². The summed E-state index contributed by atoms with van der Waals surface area (Å²) in [5.74, 6) is 0.569. The van der Waals surface area contributed by atoms with Gasteiger partial charge in [0, 0.05) is 35.6 Å². The van der Waals surface area contributed by atoms with Crippen LogP contribution < -0.4 is 0 Å². The highest BCUT2D eigenvalue weighted by molar-refractivity contribution is 6.11. The second-order valence-electron chi connectivity index (χ2n) is 8.67. The summed E-state index contributed by atoms with van der Waals surface area (Å²) in [5, 5.41) is 6.62. The summed E-state index contributed by atoms with van der Waals surface area (Å²) in [5.41, 5.74) is 5.24. The van der Waals surface area contributed by atoms with Crippen LogP contribution in [-0.4, -0.2) is 27.1 Å². The molecule has 31 heavy (non-hydrogen) atoms. The molecule has 2 aliphatic rings. The van der Waals surface area contributed by atoms with Crippen molar-refractivity contribution in [1.29, 1.82) is 0 Å². The monoisotopic (exact) mass is 411 g/mol. The lowest BCUT2D eigenvalue weighted by molar-refractivity contribution is 0.0749. The number of amides is 1. The molecule has 1 aliphatic heterocycles. The normalized spacial score (nSPS) is 18.9. The molecule has 2 aromatic carbocycles. The van der Waals surface area contributed by atoms with Crippen molar-refractivity contribution >= 4 is 27.8 Å². The molecular formula is C26H25N3O2. The lowest BCUT2D eigenvalue weighted by atomic mass is 9.84. The summed E-state index contributed by atoms with van der Waals surface area (Å²) in [6.07, 6.45) is 9.72. The SMILES string of the molecule is Cn1ncc(C(=O)N2CCCC3CCCC=C32)c1-c1cccc2c1oc1ccccc12. The number of para-hydroxylation sites is 2. The number of carbonyl (C=O) groups excluding carboxylic acids is 1. The van der Waals surface area contributed by atoms with E-state index in [1.165, 1.54) is 25.0 Å². The van der Waals surface area contributed by atoms with Crippen LogP contribution in [0.15, 0.2) is 64.9 Å². The minimum atomic E-state index is 0.0501. The number of carbonyl (C=O) groups is 1. The molecule has 1 aliphatic carbocycles. The number of rotatable bonds is 2. The molecule has 1 amide bonds. The highest BCUT2D eigenvalue weighted by Gasteiger charge is 2.33. The van der Waals surface area contributed by atoms with E-state index >= 15 is 0 Å². The van der Waals surface area contributed by atoms with Gasteiger partial charge in [-0.3, -0.25) is 9.48 Å². The quantitative estimate of drug-likeness (QED) is 0.412. The Morgan fingerprint density at radius 2 is 1.90 bits per heavy atom. The third-order valence-electron chi connectivity index (χ3n) is 6.85. The molecular weight excluding hydrogens is 386 g/mol. The van der Waals surface area contributed by atoms with Crippen LogP contribution in [0.25, 0.3) is 33.2 Å². The minimum Gasteiger partial charge on any atom is -0.455 e. The van der Waals surface area contributed by atoms with Gasteiger partial charge in [0.15, 0.2) is 0 Å². The summed E-state index contributed by atoms with van der Waals surface area (Å²) in [7, 11) is 1.90. The molecule has 5 nitrogen and oxygen atoms in total. The highest BCUT2D eigenvalue weighted by atomic mass is 16.3. The zero-order valence-corrected chi connectivity index (χ0v) is 17.7. The molecule has 0 bridgehead atoms. The fourth-order valence-corrected chi connectivity index (χ4v) is 5.39. The number of allylic oxidation sites excluding steroid dienone is 2. The van der Waals surface area contributed by atoms with Crippen LogP contribution in [0.4, 0.5) is 0 Å². The van der Waals surface area contributed by atoms with Crippen molar-refractivity contribution in [1.82, 2.24) is 14.7 Å². The number of aryl methyl sites for hydroxylation is 1. The fourth-order valence-electron chi connectivity index (χ4n) is 5.39. The molecule has 6 rings (SSSR count). The van der Waals surface area contributed by atoms with E-state index in [9.17, 15) is 4.79 Å². The van der Waals surface area contributed by atoms with Gasteiger partial charge in [-0.1, -0.05) is 36.4 Å². The Labute approximate surface area is 180 Å². The Hall–Kier alpha value is -3.34. The van der Waals surface area contributed by atoms with Gasteiger partial charge in [-0.15, -0.1) is 0 Å². The van der Waals surface area contributed by atoms with Crippen LogP contribution in [-0.2, 0) is 7.05 Å². The minimum absolute atomic E-state index is 0.0501. The number of hydrogen-bond donors (Lipinski definition) is 0. The number of piperidine rings is 1. The van der Waals surface area contributed by atoms with Crippen molar-refractivity contribution in [3.63, 3.8) is 0 Å². The Morgan fingerprint density at radius 1 is 1.06 bits per heavy atom. The van der Waals surface area contributed by atoms with E-state index in [0.717, 1.165) is 52.6 Å². The van der Waals surface area contributed by atoms with E-state index in [1.807, 2.05) is 42.3 Å². The van der Waals surface area contributed by atoms with Gasteiger partial charge in [-0.2, -0.15) is 5.10 Å². The summed E-state index contributed by atoms with van der Waals surface area (Å²) in [6, 6.07) is 14.2. The van der Waals surface area contributed by atoms with Gasteiger partial charge in [0.25, 0.3) is 5.91 Å². The van der Waals surface area contributed by atoms with E-state index in [0.29, 0.717) is 11.5 Å². The Morgan fingerprint density at radius 3 is 2.84 bits per heavy atom. The molecule has 1 atom stereocenters. The largest absolute Gasteiger partial charge is 0.455 e. The van der Waals surface area contributed by atoms with Crippen molar-refractivity contribution in [3.8, 4) is 11.3 Å². The molecule has 0 N–H and O–H groups in total. The van der Waals surface area contributed by atoms with Gasteiger partial charge >= 0.3 is 0 Å². The Bertz CT molecular complexity index is 1340. The lowest BCUT2D eigenvalue weighted by Gasteiger charge is -2.38. The molecule has 0 saturated carbocycles. The average Bonchev–Trinajstić information content (AvgIpc) is 3.38. The number of aromatic nitrogens is 2. The lowest BCUT2D eigenvalue weighted by Crippen LogP contribution is -2.39. The van der Waals surface area contributed by atoms with E-state index in [4.69, 9.17) is 4.42 Å². The highest BCUT2D eigenvalue weighted by Crippen LogP contribution is 2.39. The fraction of sp³-hybridized carbons (Fsp3) is 0.308. The number of nitrogens with zero attached hydrogens (tertiary/aromatic N) is 3. The molecule has 1 saturated heterocycles. The molecule has 0 radical (unpaired) electrons. The smallest absolute Gasteiger partial charge is 0.261 e. The predicted octanol–water partition coefficient (Wildman–Crippen LogP) is 5.91. The van der Waals surface area contributed by atoms with E-state index < -0.39 is 0 Å². The second kappa shape index (κ2) is 7.12. The summed E-state index contributed by atoms with van der Waals surface area (Å²) < 4.78 is 8.05. The number of furan rings is 1.